The molecule has 0 amide bonds. The third-order valence-electron chi connectivity index (χ3n) is 2.28. The third kappa shape index (κ3) is 2.99. The molecule has 2 aromatic rings. The number of hydrogen-bond acceptors (Lipinski definition) is 4. The Balaban J connectivity index is 2.14. The molecule has 4 nitrogen and oxygen atoms in total. The molecular formula is C12H12ClNO3. The third-order valence-corrected chi connectivity index (χ3v) is 2.52. The fourth-order valence-corrected chi connectivity index (χ4v) is 1.62. The van der Waals surface area contributed by atoms with E-state index in [1.807, 2.05) is 0 Å². The van der Waals surface area contributed by atoms with Crippen molar-refractivity contribution in [2.24, 2.45) is 0 Å². The molecule has 0 spiro atoms. The molecule has 1 aromatic heterocycles. The van der Waals surface area contributed by atoms with Crippen LogP contribution in [0.4, 0.5) is 0 Å². The van der Waals surface area contributed by atoms with Crippen LogP contribution in [-0.4, -0.2) is 10.3 Å². The lowest BCUT2D eigenvalue weighted by molar-refractivity contribution is 0.186. The van der Waals surface area contributed by atoms with Crippen molar-refractivity contribution in [1.82, 2.24) is 5.16 Å². The molecule has 0 bridgehead atoms. The summed E-state index contributed by atoms with van der Waals surface area (Å²) in [6, 6.07) is 6.84. The molecule has 0 radical (unpaired) electrons. The predicted molar refractivity (Wildman–Crippen MR) is 62.9 cm³/mol. The van der Waals surface area contributed by atoms with Crippen LogP contribution in [0.3, 0.4) is 0 Å². The minimum absolute atomic E-state index is 0.265. The molecule has 17 heavy (non-hydrogen) atoms. The Morgan fingerprint density at radius 2 is 2.29 bits per heavy atom. The Bertz CT molecular complexity index is 483. The number of aromatic nitrogens is 1. The zero-order valence-electron chi connectivity index (χ0n) is 9.26. The van der Waals surface area contributed by atoms with Crippen molar-refractivity contribution < 1.29 is 14.4 Å². The standard InChI is InChI=1S/C12H12ClNO3/c1-8(15)11-6-9(13)2-3-12(11)16-7-10-4-5-14-17-10/h2-6,8,15H,7H2,1H3/t8-/m1/s1. The molecule has 5 heteroatoms. The highest BCUT2D eigenvalue weighted by Gasteiger charge is 2.10. The molecule has 1 heterocycles. The lowest BCUT2D eigenvalue weighted by atomic mass is 10.1. The number of hydrogen-bond donors (Lipinski definition) is 1. The number of aliphatic hydroxyl groups excluding tert-OH is 1. The SMILES string of the molecule is C[C@@H](O)c1cc(Cl)ccc1OCc1ccno1. The smallest absolute Gasteiger partial charge is 0.174 e. The lowest BCUT2D eigenvalue weighted by Crippen LogP contribution is -2.00. The summed E-state index contributed by atoms with van der Waals surface area (Å²) in [5.41, 5.74) is 0.650. The van der Waals surface area contributed by atoms with Crippen molar-refractivity contribution in [3.8, 4) is 5.75 Å². The maximum absolute atomic E-state index is 9.61. The van der Waals surface area contributed by atoms with E-state index in [0.717, 1.165) is 0 Å². The molecule has 1 atom stereocenters. The normalized spacial score (nSPS) is 12.4. The average Bonchev–Trinajstić information content (AvgIpc) is 2.80. The van der Waals surface area contributed by atoms with E-state index in [1.54, 1.807) is 37.4 Å². The minimum atomic E-state index is -0.640. The van der Waals surface area contributed by atoms with Gasteiger partial charge in [-0.15, -0.1) is 0 Å². The molecule has 0 aliphatic carbocycles. The van der Waals surface area contributed by atoms with E-state index < -0.39 is 6.10 Å². The Labute approximate surface area is 104 Å². The van der Waals surface area contributed by atoms with E-state index in [0.29, 0.717) is 22.1 Å². The fraction of sp³-hybridized carbons (Fsp3) is 0.250. The van der Waals surface area contributed by atoms with Crippen LogP contribution < -0.4 is 4.74 Å². The number of nitrogens with zero attached hydrogens (tertiary/aromatic N) is 1. The molecule has 0 aliphatic rings. The van der Waals surface area contributed by atoms with Gasteiger partial charge >= 0.3 is 0 Å². The first-order valence-corrected chi connectivity index (χ1v) is 5.54. The Kier molecular flexibility index (Phi) is 3.66. The first-order valence-electron chi connectivity index (χ1n) is 5.16. The van der Waals surface area contributed by atoms with Gasteiger partial charge in [-0.2, -0.15) is 0 Å². The van der Waals surface area contributed by atoms with E-state index in [1.165, 1.54) is 0 Å². The number of aliphatic hydroxyl groups is 1. The molecule has 1 aromatic carbocycles. The average molecular weight is 254 g/mol. The highest BCUT2D eigenvalue weighted by atomic mass is 35.5. The molecule has 0 saturated carbocycles. The topological polar surface area (TPSA) is 55.5 Å². The summed E-state index contributed by atoms with van der Waals surface area (Å²) < 4.78 is 10.5. The van der Waals surface area contributed by atoms with Crippen LogP contribution in [0, 0.1) is 0 Å². The highest BCUT2D eigenvalue weighted by Crippen LogP contribution is 2.28. The van der Waals surface area contributed by atoms with Crippen molar-refractivity contribution in [2.45, 2.75) is 19.6 Å². The van der Waals surface area contributed by atoms with Gasteiger partial charge in [0, 0.05) is 16.7 Å². The summed E-state index contributed by atoms with van der Waals surface area (Å²) in [6.45, 7) is 1.92. The first kappa shape index (κ1) is 12.0. The van der Waals surface area contributed by atoms with Gasteiger partial charge in [0.15, 0.2) is 5.76 Å². The summed E-state index contributed by atoms with van der Waals surface area (Å²) in [7, 11) is 0. The summed E-state index contributed by atoms with van der Waals surface area (Å²) >= 11 is 5.87. The van der Waals surface area contributed by atoms with Crippen LogP contribution in [0.1, 0.15) is 24.4 Å². The predicted octanol–water partition coefficient (Wildman–Crippen LogP) is 2.96. The van der Waals surface area contributed by atoms with E-state index in [2.05, 4.69) is 5.16 Å². The van der Waals surface area contributed by atoms with Gasteiger partial charge in [0.05, 0.1) is 12.3 Å². The molecule has 0 aliphatic heterocycles. The molecule has 2 rings (SSSR count). The van der Waals surface area contributed by atoms with Crippen molar-refractivity contribution in [1.29, 1.82) is 0 Å². The van der Waals surface area contributed by atoms with Crippen LogP contribution >= 0.6 is 11.6 Å². The number of halogens is 1. The van der Waals surface area contributed by atoms with Crippen LogP contribution in [0.5, 0.6) is 5.75 Å². The summed E-state index contributed by atoms with van der Waals surface area (Å²) in [5, 5.41) is 13.8. The van der Waals surface area contributed by atoms with Crippen molar-refractivity contribution in [2.75, 3.05) is 0 Å². The van der Waals surface area contributed by atoms with Crippen LogP contribution in [0.2, 0.25) is 5.02 Å². The summed E-state index contributed by atoms with van der Waals surface area (Å²) in [4.78, 5) is 0. The van der Waals surface area contributed by atoms with E-state index in [-0.39, 0.29) is 6.61 Å². The van der Waals surface area contributed by atoms with Crippen LogP contribution in [-0.2, 0) is 6.61 Å². The van der Waals surface area contributed by atoms with E-state index >= 15 is 0 Å². The van der Waals surface area contributed by atoms with Crippen molar-refractivity contribution in [3.63, 3.8) is 0 Å². The number of benzene rings is 1. The highest BCUT2D eigenvalue weighted by molar-refractivity contribution is 6.30. The van der Waals surface area contributed by atoms with Crippen LogP contribution in [0.15, 0.2) is 35.0 Å². The largest absolute Gasteiger partial charge is 0.485 e. The molecule has 0 unspecified atom stereocenters. The second-order valence-corrected chi connectivity index (χ2v) is 4.06. The van der Waals surface area contributed by atoms with E-state index in [4.69, 9.17) is 20.9 Å². The minimum Gasteiger partial charge on any atom is -0.485 e. The van der Waals surface area contributed by atoms with Gasteiger partial charge in [-0.3, -0.25) is 0 Å². The van der Waals surface area contributed by atoms with Gasteiger partial charge in [0.2, 0.25) is 0 Å². The van der Waals surface area contributed by atoms with Gasteiger partial charge < -0.3 is 14.4 Å². The maximum atomic E-state index is 9.61. The number of rotatable bonds is 4. The fourth-order valence-electron chi connectivity index (χ4n) is 1.44. The Hall–Kier alpha value is -1.52. The van der Waals surface area contributed by atoms with Crippen molar-refractivity contribution in [3.05, 3.63) is 46.8 Å². The lowest BCUT2D eigenvalue weighted by Gasteiger charge is -2.12. The van der Waals surface area contributed by atoms with Gasteiger partial charge in [0.25, 0.3) is 0 Å². The Morgan fingerprint density at radius 1 is 1.47 bits per heavy atom. The molecule has 0 saturated heterocycles. The Morgan fingerprint density at radius 3 is 2.94 bits per heavy atom. The first-order chi connectivity index (χ1) is 8.16. The van der Waals surface area contributed by atoms with Gasteiger partial charge in [0.1, 0.15) is 12.4 Å². The maximum Gasteiger partial charge on any atom is 0.174 e. The number of ether oxygens (including phenoxy) is 1. The molecular weight excluding hydrogens is 242 g/mol. The second-order valence-electron chi connectivity index (χ2n) is 3.63. The zero-order chi connectivity index (χ0) is 12.3. The van der Waals surface area contributed by atoms with E-state index in [9.17, 15) is 5.11 Å². The second kappa shape index (κ2) is 5.21. The quantitative estimate of drug-likeness (QED) is 0.910. The molecule has 0 fully saturated rings. The zero-order valence-corrected chi connectivity index (χ0v) is 10.0. The van der Waals surface area contributed by atoms with Gasteiger partial charge in [-0.05, 0) is 25.1 Å². The monoisotopic (exact) mass is 253 g/mol. The van der Waals surface area contributed by atoms with Crippen LogP contribution in [0.25, 0.3) is 0 Å². The van der Waals surface area contributed by atoms with Crippen molar-refractivity contribution >= 4 is 11.6 Å². The summed E-state index contributed by atoms with van der Waals surface area (Å²) in [5.74, 6) is 1.21. The summed E-state index contributed by atoms with van der Waals surface area (Å²) in [6.07, 6.45) is 0.911. The molecule has 1 N–H and O–H groups in total. The van der Waals surface area contributed by atoms with Gasteiger partial charge in [-0.25, -0.2) is 0 Å². The molecule has 90 valence electrons. The van der Waals surface area contributed by atoms with Gasteiger partial charge in [-0.1, -0.05) is 16.8 Å².